The molecule has 0 radical (unpaired) electrons. The minimum absolute atomic E-state index is 0.0923. The molecule has 1 aromatic rings. The molecular formula is C13H14F2N2O3. The van der Waals surface area contributed by atoms with Gasteiger partial charge in [0.1, 0.15) is 17.6 Å². The van der Waals surface area contributed by atoms with Gasteiger partial charge in [-0.2, -0.15) is 0 Å². The summed E-state index contributed by atoms with van der Waals surface area (Å²) in [5.74, 6) is -6.32. The lowest BCUT2D eigenvalue weighted by atomic mass is 9.87. The zero-order valence-corrected chi connectivity index (χ0v) is 11.0. The predicted octanol–water partition coefficient (Wildman–Crippen LogP) is 0.945. The van der Waals surface area contributed by atoms with Crippen LogP contribution in [-0.2, 0) is 9.59 Å². The van der Waals surface area contributed by atoms with Crippen molar-refractivity contribution in [1.29, 1.82) is 0 Å². The second-order valence-corrected chi connectivity index (χ2v) is 4.89. The highest BCUT2D eigenvalue weighted by molar-refractivity contribution is 5.99. The van der Waals surface area contributed by atoms with Gasteiger partial charge in [-0.1, -0.05) is 0 Å². The number of rotatable bonds is 3. The average Bonchev–Trinajstić information content (AvgIpc) is 2.70. The fourth-order valence-corrected chi connectivity index (χ4v) is 2.36. The molecule has 0 bridgehead atoms. The van der Waals surface area contributed by atoms with Gasteiger partial charge in [-0.3, -0.25) is 9.59 Å². The van der Waals surface area contributed by atoms with Crippen LogP contribution in [0.4, 0.5) is 14.5 Å². The number of carboxylic acid groups (broad SMARTS) is 1. The van der Waals surface area contributed by atoms with E-state index in [0.717, 1.165) is 12.1 Å². The number of amides is 1. The summed E-state index contributed by atoms with van der Waals surface area (Å²) in [6.07, 6.45) is 0. The summed E-state index contributed by atoms with van der Waals surface area (Å²) in [7, 11) is 3.27. The first-order valence-electron chi connectivity index (χ1n) is 5.99. The van der Waals surface area contributed by atoms with E-state index in [1.54, 1.807) is 14.1 Å². The highest BCUT2D eigenvalue weighted by atomic mass is 19.1. The Morgan fingerprint density at radius 2 is 1.90 bits per heavy atom. The lowest BCUT2D eigenvalue weighted by Crippen LogP contribution is -2.27. The van der Waals surface area contributed by atoms with Crippen molar-refractivity contribution in [3.8, 4) is 0 Å². The summed E-state index contributed by atoms with van der Waals surface area (Å²) in [5.41, 5.74) is -0.0331. The van der Waals surface area contributed by atoms with Crippen molar-refractivity contribution in [2.24, 2.45) is 5.92 Å². The molecule has 0 aromatic heterocycles. The normalized spacial score (nSPS) is 21.7. The molecule has 0 spiro atoms. The van der Waals surface area contributed by atoms with Gasteiger partial charge in [-0.05, 0) is 12.1 Å². The number of halogens is 2. The lowest BCUT2D eigenvalue weighted by molar-refractivity contribution is -0.145. The molecule has 1 heterocycles. The maximum absolute atomic E-state index is 14.1. The van der Waals surface area contributed by atoms with Crippen molar-refractivity contribution >= 4 is 17.6 Å². The van der Waals surface area contributed by atoms with E-state index in [1.165, 1.54) is 4.90 Å². The third kappa shape index (κ3) is 2.31. The van der Waals surface area contributed by atoms with E-state index >= 15 is 0 Å². The first-order chi connectivity index (χ1) is 9.32. The lowest BCUT2D eigenvalue weighted by Gasteiger charge is -2.18. The summed E-state index contributed by atoms with van der Waals surface area (Å²) in [6.45, 7) is -0.0923. The van der Waals surface area contributed by atoms with Crippen molar-refractivity contribution in [2.45, 2.75) is 5.92 Å². The predicted molar refractivity (Wildman–Crippen MR) is 67.6 cm³/mol. The first-order valence-corrected chi connectivity index (χ1v) is 5.99. The molecule has 1 aliphatic rings. The zero-order valence-electron chi connectivity index (χ0n) is 11.0. The second kappa shape index (κ2) is 5.07. The molecule has 2 N–H and O–H groups in total. The summed E-state index contributed by atoms with van der Waals surface area (Å²) in [5, 5.41) is 11.4. The van der Waals surface area contributed by atoms with Gasteiger partial charge in [-0.15, -0.1) is 0 Å². The van der Waals surface area contributed by atoms with Crippen molar-refractivity contribution < 1.29 is 23.5 Å². The molecule has 1 fully saturated rings. The number of hydrogen-bond acceptors (Lipinski definition) is 3. The third-order valence-corrected chi connectivity index (χ3v) is 3.40. The van der Waals surface area contributed by atoms with Crippen LogP contribution in [0.1, 0.15) is 11.5 Å². The van der Waals surface area contributed by atoms with Crippen LogP contribution in [0.15, 0.2) is 12.1 Å². The molecule has 20 heavy (non-hydrogen) atoms. The maximum Gasteiger partial charge on any atom is 0.316 e. The molecule has 5 nitrogen and oxygen atoms in total. The van der Waals surface area contributed by atoms with Gasteiger partial charge in [0.25, 0.3) is 0 Å². The molecule has 0 aliphatic carbocycles. The zero-order chi connectivity index (χ0) is 15.0. The van der Waals surface area contributed by atoms with Crippen molar-refractivity contribution in [2.75, 3.05) is 25.5 Å². The number of carboxylic acids is 1. The molecule has 1 saturated heterocycles. The van der Waals surface area contributed by atoms with E-state index in [2.05, 4.69) is 5.32 Å². The van der Waals surface area contributed by atoms with Gasteiger partial charge in [0.2, 0.25) is 5.91 Å². The number of carbonyl (C=O) groups excluding carboxylic acids is 1. The molecule has 1 aromatic carbocycles. The van der Waals surface area contributed by atoms with Crippen LogP contribution in [0.3, 0.4) is 0 Å². The maximum atomic E-state index is 14.1. The van der Waals surface area contributed by atoms with Crippen molar-refractivity contribution in [3.05, 3.63) is 29.3 Å². The average molecular weight is 284 g/mol. The molecule has 1 amide bonds. The highest BCUT2D eigenvalue weighted by Crippen LogP contribution is 2.34. The Labute approximate surface area is 114 Å². The molecular weight excluding hydrogens is 270 g/mol. The van der Waals surface area contributed by atoms with Crippen molar-refractivity contribution in [1.82, 2.24) is 5.32 Å². The smallest absolute Gasteiger partial charge is 0.316 e. The van der Waals surface area contributed by atoms with Gasteiger partial charge in [0, 0.05) is 37.8 Å². The van der Waals surface area contributed by atoms with Crippen molar-refractivity contribution in [3.63, 3.8) is 0 Å². The number of benzene rings is 1. The number of nitrogens with zero attached hydrogens (tertiary/aromatic N) is 1. The largest absolute Gasteiger partial charge is 0.481 e. The Hall–Kier alpha value is -2.18. The van der Waals surface area contributed by atoms with Crippen LogP contribution in [0.2, 0.25) is 0 Å². The molecule has 108 valence electrons. The number of nitrogens with one attached hydrogen (secondary N) is 1. The molecule has 2 rings (SSSR count). The summed E-state index contributed by atoms with van der Waals surface area (Å²) in [4.78, 5) is 24.1. The third-order valence-electron chi connectivity index (χ3n) is 3.40. The molecule has 7 heteroatoms. The van der Waals surface area contributed by atoms with Gasteiger partial charge < -0.3 is 15.3 Å². The Morgan fingerprint density at radius 1 is 1.35 bits per heavy atom. The van der Waals surface area contributed by atoms with E-state index in [1.807, 2.05) is 0 Å². The molecule has 0 saturated carbocycles. The fraction of sp³-hybridized carbons (Fsp3) is 0.385. The summed E-state index contributed by atoms with van der Waals surface area (Å²) in [6, 6.07) is 2.25. The number of anilines is 1. The van der Waals surface area contributed by atoms with E-state index in [-0.39, 0.29) is 12.1 Å². The Morgan fingerprint density at radius 3 is 2.35 bits per heavy atom. The SMILES string of the molecule is CN(C)c1cc(F)c(C2CNC(=O)C2C(=O)O)c(F)c1. The first kappa shape index (κ1) is 14.2. The molecule has 2 unspecified atom stereocenters. The van der Waals surface area contributed by atoms with Crippen LogP contribution in [-0.4, -0.2) is 37.6 Å². The Balaban J connectivity index is 2.48. The van der Waals surface area contributed by atoms with Gasteiger partial charge >= 0.3 is 5.97 Å². The van der Waals surface area contributed by atoms with Crippen LogP contribution in [0.25, 0.3) is 0 Å². The van der Waals surface area contributed by atoms with E-state index in [4.69, 9.17) is 5.11 Å². The van der Waals surface area contributed by atoms with E-state index in [9.17, 15) is 18.4 Å². The number of hydrogen-bond donors (Lipinski definition) is 2. The Bertz CT molecular complexity index is 552. The Kier molecular flexibility index (Phi) is 3.61. The minimum Gasteiger partial charge on any atom is -0.481 e. The van der Waals surface area contributed by atoms with Crippen LogP contribution >= 0.6 is 0 Å². The van der Waals surface area contributed by atoms with Gasteiger partial charge in [-0.25, -0.2) is 8.78 Å². The van der Waals surface area contributed by atoms with E-state index < -0.39 is 35.3 Å². The second-order valence-electron chi connectivity index (χ2n) is 4.89. The number of carbonyl (C=O) groups is 2. The molecule has 1 aliphatic heterocycles. The summed E-state index contributed by atoms with van der Waals surface area (Å²) >= 11 is 0. The van der Waals surface area contributed by atoms with Gasteiger partial charge in [0.15, 0.2) is 0 Å². The fourth-order valence-electron chi connectivity index (χ4n) is 2.36. The quantitative estimate of drug-likeness (QED) is 0.811. The van der Waals surface area contributed by atoms with Gasteiger partial charge in [0.05, 0.1) is 0 Å². The monoisotopic (exact) mass is 284 g/mol. The van der Waals surface area contributed by atoms with Crippen LogP contribution < -0.4 is 10.2 Å². The minimum atomic E-state index is -1.47. The number of aliphatic carboxylic acids is 1. The molecule has 2 atom stereocenters. The van der Waals surface area contributed by atoms with Crippen LogP contribution in [0, 0.1) is 17.6 Å². The topological polar surface area (TPSA) is 69.6 Å². The highest BCUT2D eigenvalue weighted by Gasteiger charge is 2.43. The van der Waals surface area contributed by atoms with E-state index in [0.29, 0.717) is 5.69 Å². The standard InChI is InChI=1S/C13H14F2N2O3/c1-17(2)6-3-8(14)10(9(15)4-6)7-5-16-12(18)11(7)13(19)20/h3-4,7,11H,5H2,1-2H3,(H,16,18)(H,19,20). The summed E-state index contributed by atoms with van der Waals surface area (Å²) < 4.78 is 28.2. The van der Waals surface area contributed by atoms with Crippen LogP contribution in [0.5, 0.6) is 0 Å².